The average molecular weight is 844 g/mol. The number of rotatable bonds is 33. The Labute approximate surface area is 363 Å². The molecule has 0 bridgehead atoms. The molecule has 0 saturated carbocycles. The van der Waals surface area contributed by atoms with Gasteiger partial charge in [-0.15, -0.1) is 5.10 Å². The largest absolute Gasteiger partial charge is 0.497 e. The number of aryl methyl sites for hydroxylation is 1. The number of carbonyl (C=O) groups excluding carboxylic acids is 1. The number of methoxy groups -OCH3 is 1. The topological polar surface area (TPSA) is 122 Å². The highest BCUT2D eigenvalue weighted by Crippen LogP contribution is 2.36. The predicted molar refractivity (Wildman–Crippen MR) is 239 cm³/mol. The van der Waals surface area contributed by atoms with Gasteiger partial charge in [0.1, 0.15) is 42.0 Å². The molecule has 334 valence electrons. The first-order chi connectivity index (χ1) is 29.8. The second-order valence-corrected chi connectivity index (χ2v) is 16.1. The quantitative estimate of drug-likeness (QED) is 0.0369. The Kier molecular flexibility index (Phi) is 22.8. The zero-order chi connectivity index (χ0) is 43.5. The van der Waals surface area contributed by atoms with Crippen molar-refractivity contribution >= 4 is 11.9 Å². The number of carbonyl (C=O) groups is 2. The molecule has 0 spiro atoms. The lowest BCUT2D eigenvalue weighted by atomic mass is 9.93. The summed E-state index contributed by atoms with van der Waals surface area (Å²) in [5, 5.41) is 18.0. The Morgan fingerprint density at radius 1 is 0.738 bits per heavy atom. The molecular weight excluding hydrogens is 774 g/mol. The number of ether oxygens (including phenoxy) is 4. The zero-order valence-corrected chi connectivity index (χ0v) is 37.0. The molecule has 0 aliphatic heterocycles. The Balaban J connectivity index is 1.15. The molecule has 10 nitrogen and oxygen atoms in total. The Hall–Kier alpha value is -4.93. The van der Waals surface area contributed by atoms with E-state index in [9.17, 15) is 14.7 Å². The van der Waals surface area contributed by atoms with Gasteiger partial charge in [-0.1, -0.05) is 133 Å². The third-order valence-electron chi connectivity index (χ3n) is 11.1. The molecule has 0 aliphatic carbocycles. The molecular formula is C50H70FN3O7. The summed E-state index contributed by atoms with van der Waals surface area (Å²) in [6.07, 6.45) is 23.7. The van der Waals surface area contributed by atoms with Gasteiger partial charge in [-0.3, -0.25) is 14.3 Å². The number of benzene rings is 3. The van der Waals surface area contributed by atoms with Gasteiger partial charge >= 0.3 is 11.9 Å². The number of hydrogen-bond acceptors (Lipinski definition) is 8. The minimum atomic E-state index is -0.828. The third-order valence-corrected chi connectivity index (χ3v) is 11.1. The van der Waals surface area contributed by atoms with Crippen LogP contribution in [0.3, 0.4) is 0 Å². The van der Waals surface area contributed by atoms with Crippen molar-refractivity contribution in [3.63, 3.8) is 0 Å². The van der Waals surface area contributed by atoms with Crippen molar-refractivity contribution in [2.45, 2.75) is 168 Å². The third kappa shape index (κ3) is 18.7. The van der Waals surface area contributed by atoms with Gasteiger partial charge < -0.3 is 24.1 Å². The summed E-state index contributed by atoms with van der Waals surface area (Å²) >= 11 is 0. The second kappa shape index (κ2) is 28.6. The summed E-state index contributed by atoms with van der Waals surface area (Å²) in [7, 11) is 1.55. The highest BCUT2D eigenvalue weighted by Gasteiger charge is 2.17. The van der Waals surface area contributed by atoms with E-state index in [1.54, 1.807) is 19.2 Å². The minimum Gasteiger partial charge on any atom is -0.497 e. The summed E-state index contributed by atoms with van der Waals surface area (Å²) in [5.74, 6) is 0.290. The van der Waals surface area contributed by atoms with E-state index in [4.69, 9.17) is 18.9 Å². The number of carboxylic acid groups (broad SMARTS) is 1. The van der Waals surface area contributed by atoms with Gasteiger partial charge in [-0.2, -0.15) is 0 Å². The number of unbranched alkanes of at least 4 members (excludes halogenated alkanes) is 15. The summed E-state index contributed by atoms with van der Waals surface area (Å²) in [5.41, 5.74) is 3.36. The summed E-state index contributed by atoms with van der Waals surface area (Å²) in [4.78, 5) is 23.0. The number of halogens is 1. The van der Waals surface area contributed by atoms with Crippen molar-refractivity contribution in [3.05, 3.63) is 89.5 Å². The number of esters is 1. The van der Waals surface area contributed by atoms with Gasteiger partial charge in [-0.05, 0) is 79.1 Å². The maximum Gasteiger partial charge on any atom is 0.305 e. The first-order valence-corrected chi connectivity index (χ1v) is 22.9. The van der Waals surface area contributed by atoms with Gasteiger partial charge in [-0.25, -0.2) is 4.39 Å². The molecule has 0 fully saturated rings. The van der Waals surface area contributed by atoms with Crippen LogP contribution < -0.4 is 14.2 Å². The summed E-state index contributed by atoms with van der Waals surface area (Å²) in [6.45, 7) is 5.83. The molecule has 11 heteroatoms. The van der Waals surface area contributed by atoms with Crippen molar-refractivity contribution in [2.24, 2.45) is 0 Å². The number of hydrogen-bond donors (Lipinski definition) is 1. The first-order valence-electron chi connectivity index (χ1n) is 22.9. The molecule has 0 unspecified atom stereocenters. The summed E-state index contributed by atoms with van der Waals surface area (Å²) < 4.78 is 40.1. The monoisotopic (exact) mass is 844 g/mol. The van der Waals surface area contributed by atoms with Crippen LogP contribution in [0.25, 0.3) is 11.1 Å². The second-order valence-electron chi connectivity index (χ2n) is 16.1. The van der Waals surface area contributed by atoms with Crippen LogP contribution in [0.1, 0.15) is 165 Å². The maximum absolute atomic E-state index is 15.2. The van der Waals surface area contributed by atoms with Gasteiger partial charge in [0, 0.05) is 24.1 Å². The van der Waals surface area contributed by atoms with Crippen LogP contribution in [0, 0.1) is 5.82 Å². The minimum absolute atomic E-state index is 0.0359. The zero-order valence-electron chi connectivity index (χ0n) is 37.0. The predicted octanol–water partition coefficient (Wildman–Crippen LogP) is 12.8. The van der Waals surface area contributed by atoms with Gasteiger partial charge in [0.2, 0.25) is 0 Å². The Morgan fingerprint density at radius 3 is 2.08 bits per heavy atom. The normalized spacial score (nSPS) is 11.7. The van der Waals surface area contributed by atoms with Crippen molar-refractivity contribution in [2.75, 3.05) is 13.7 Å². The molecule has 1 aromatic heterocycles. The lowest BCUT2D eigenvalue weighted by Crippen LogP contribution is -2.06. The lowest BCUT2D eigenvalue weighted by molar-refractivity contribution is -0.144. The number of aliphatic carboxylic acids is 1. The number of carboxylic acids is 1. The van der Waals surface area contributed by atoms with E-state index in [1.165, 1.54) is 76.7 Å². The van der Waals surface area contributed by atoms with E-state index in [0.717, 1.165) is 56.2 Å². The van der Waals surface area contributed by atoms with Crippen LogP contribution in [0.5, 0.6) is 17.2 Å². The van der Waals surface area contributed by atoms with E-state index in [0.29, 0.717) is 53.5 Å². The number of aromatic nitrogens is 3. The van der Waals surface area contributed by atoms with E-state index in [-0.39, 0.29) is 31.5 Å². The molecule has 4 rings (SSSR count). The molecule has 0 saturated heterocycles. The van der Waals surface area contributed by atoms with Crippen molar-refractivity contribution in [1.29, 1.82) is 0 Å². The SMILES string of the molecule is CCCCOC(=O)CCCCCCCCCCCCCCCCCn1cc(COc2cc(COc3cccc([C@H](CC)CC(=O)O)c3)ccc2-c2cc(OC)ccc2F)nn1. The van der Waals surface area contributed by atoms with Crippen LogP contribution in [-0.2, 0) is 34.1 Å². The smallest absolute Gasteiger partial charge is 0.305 e. The molecule has 3 aromatic carbocycles. The number of nitrogens with zero attached hydrogens (tertiary/aromatic N) is 3. The molecule has 1 N–H and O–H groups in total. The summed E-state index contributed by atoms with van der Waals surface area (Å²) in [6, 6.07) is 17.7. The van der Waals surface area contributed by atoms with E-state index in [1.807, 2.05) is 60.3 Å². The van der Waals surface area contributed by atoms with Gasteiger partial charge in [0.05, 0.1) is 26.3 Å². The Bertz CT molecular complexity index is 1860. The highest BCUT2D eigenvalue weighted by atomic mass is 19.1. The van der Waals surface area contributed by atoms with E-state index < -0.39 is 11.8 Å². The lowest BCUT2D eigenvalue weighted by Gasteiger charge is -2.16. The van der Waals surface area contributed by atoms with Crippen LogP contribution in [-0.4, -0.2) is 45.8 Å². The van der Waals surface area contributed by atoms with Crippen molar-refractivity contribution in [1.82, 2.24) is 15.0 Å². The first kappa shape index (κ1) is 48.7. The van der Waals surface area contributed by atoms with E-state index in [2.05, 4.69) is 17.2 Å². The maximum atomic E-state index is 15.2. The molecule has 0 radical (unpaired) electrons. The molecule has 4 aromatic rings. The van der Waals surface area contributed by atoms with Crippen LogP contribution in [0.15, 0.2) is 66.9 Å². The Morgan fingerprint density at radius 2 is 1.43 bits per heavy atom. The molecule has 1 atom stereocenters. The highest BCUT2D eigenvalue weighted by molar-refractivity contribution is 5.73. The van der Waals surface area contributed by atoms with Crippen LogP contribution in [0.4, 0.5) is 4.39 Å². The fourth-order valence-corrected chi connectivity index (χ4v) is 7.48. The van der Waals surface area contributed by atoms with Gasteiger partial charge in [0.15, 0.2) is 0 Å². The standard InChI is InChI=1S/C50H70FN3O7/c1-4-6-31-59-50(57)25-20-18-16-14-12-10-8-7-9-11-13-15-17-19-21-30-54-36-42(52-53-54)38-61-48-32-39(26-28-45(48)46-35-43(58-3)27-29-47(46)51)37-60-44-24-22-23-41(33-44)40(5-2)34-49(55)56/h22-24,26-29,32-33,35-36,40H,4-21,25,30-31,34,37-38H2,1-3H3,(H,55,56)/t40-/m1/s1. The van der Waals surface area contributed by atoms with Crippen LogP contribution >= 0.6 is 0 Å². The fraction of sp³-hybridized carbons (Fsp3) is 0.560. The van der Waals surface area contributed by atoms with Crippen molar-refractivity contribution in [3.8, 4) is 28.4 Å². The average Bonchev–Trinajstić information content (AvgIpc) is 3.73. The molecule has 1 heterocycles. The fourth-order valence-electron chi connectivity index (χ4n) is 7.48. The van der Waals surface area contributed by atoms with Crippen LogP contribution in [0.2, 0.25) is 0 Å². The van der Waals surface area contributed by atoms with E-state index >= 15 is 4.39 Å². The van der Waals surface area contributed by atoms with Gasteiger partial charge in [0.25, 0.3) is 0 Å². The molecule has 0 amide bonds. The molecule has 61 heavy (non-hydrogen) atoms. The molecule has 0 aliphatic rings. The van der Waals surface area contributed by atoms with Crippen molar-refractivity contribution < 1.29 is 38.0 Å².